The molecule has 4 atom stereocenters. The quantitative estimate of drug-likeness (QED) is 0.613. The van der Waals surface area contributed by atoms with Crippen LogP contribution in [0.5, 0.6) is 0 Å². The molecule has 0 N–H and O–H groups in total. The van der Waals surface area contributed by atoms with Crippen molar-refractivity contribution >= 4 is 11.9 Å². The topological polar surface area (TPSA) is 71.1 Å². The summed E-state index contributed by atoms with van der Waals surface area (Å²) in [4.78, 5) is 24.9. The molecule has 0 aromatic heterocycles. The predicted octanol–water partition coefficient (Wildman–Crippen LogP) is 3.63. The van der Waals surface area contributed by atoms with Crippen LogP contribution in [0.15, 0.2) is 60.7 Å². The lowest BCUT2D eigenvalue weighted by molar-refractivity contribution is -0.178. The Kier molecular flexibility index (Phi) is 8.17. The van der Waals surface area contributed by atoms with Crippen LogP contribution in [0.1, 0.15) is 37.2 Å². The molecule has 6 nitrogen and oxygen atoms in total. The molecular formula is C22H26O6. The van der Waals surface area contributed by atoms with Gasteiger partial charge in [0, 0.05) is 14.2 Å². The summed E-state index contributed by atoms with van der Waals surface area (Å²) >= 11 is 0. The maximum atomic E-state index is 12.5. The Balaban J connectivity index is 1.97. The zero-order valence-corrected chi connectivity index (χ0v) is 16.5. The number of esters is 2. The SMILES string of the molecule is CO[C@H](C(=O)O[C@H](C)[C@@H](C)OC(=O)[C@@H](OC)c1ccccc1)c1ccccc1. The molecule has 2 aromatic carbocycles. The first-order chi connectivity index (χ1) is 13.5. The third-order valence-corrected chi connectivity index (χ3v) is 4.37. The summed E-state index contributed by atoms with van der Waals surface area (Å²) in [6, 6.07) is 18.1. The van der Waals surface area contributed by atoms with E-state index in [4.69, 9.17) is 18.9 Å². The number of hydrogen-bond acceptors (Lipinski definition) is 6. The molecule has 0 aliphatic heterocycles. The number of methoxy groups -OCH3 is 2. The molecule has 2 rings (SSSR count). The van der Waals surface area contributed by atoms with E-state index in [1.54, 1.807) is 38.1 Å². The summed E-state index contributed by atoms with van der Waals surface area (Å²) in [5, 5.41) is 0. The Morgan fingerprint density at radius 1 is 0.643 bits per heavy atom. The molecule has 0 bridgehead atoms. The van der Waals surface area contributed by atoms with E-state index in [0.717, 1.165) is 0 Å². The Bertz CT molecular complexity index is 681. The Hall–Kier alpha value is -2.70. The summed E-state index contributed by atoms with van der Waals surface area (Å²) in [5.41, 5.74) is 1.38. The van der Waals surface area contributed by atoms with Crippen LogP contribution >= 0.6 is 0 Å². The molecule has 0 unspecified atom stereocenters. The molecule has 2 aromatic rings. The van der Waals surface area contributed by atoms with Crippen molar-refractivity contribution in [2.24, 2.45) is 0 Å². The maximum absolute atomic E-state index is 12.5. The standard InChI is InChI=1S/C22H26O6/c1-15(27-21(23)19(25-3)17-11-7-5-8-12-17)16(2)28-22(24)20(26-4)18-13-9-6-10-14-18/h5-16,19-20H,1-4H3/t15-,16-,19+,20+/m1/s1. The van der Waals surface area contributed by atoms with Gasteiger partial charge in [0.2, 0.25) is 0 Å². The van der Waals surface area contributed by atoms with Crippen LogP contribution in [-0.4, -0.2) is 38.4 Å². The lowest BCUT2D eigenvalue weighted by Crippen LogP contribution is -2.34. The number of benzene rings is 2. The number of hydrogen-bond donors (Lipinski definition) is 0. The normalized spacial score (nSPS) is 15.1. The second-order valence-electron chi connectivity index (χ2n) is 6.34. The van der Waals surface area contributed by atoms with Crippen LogP contribution in [0.2, 0.25) is 0 Å². The van der Waals surface area contributed by atoms with Crippen molar-refractivity contribution in [2.45, 2.75) is 38.3 Å². The molecule has 0 spiro atoms. The first-order valence-electron chi connectivity index (χ1n) is 9.04. The first-order valence-corrected chi connectivity index (χ1v) is 9.04. The van der Waals surface area contributed by atoms with Gasteiger partial charge in [-0.15, -0.1) is 0 Å². The highest BCUT2D eigenvalue weighted by Gasteiger charge is 2.29. The number of rotatable bonds is 9. The number of ether oxygens (including phenoxy) is 4. The number of carbonyl (C=O) groups excluding carboxylic acids is 2. The lowest BCUT2D eigenvalue weighted by atomic mass is 10.1. The smallest absolute Gasteiger partial charge is 0.340 e. The van der Waals surface area contributed by atoms with Gasteiger partial charge < -0.3 is 18.9 Å². The van der Waals surface area contributed by atoms with Gasteiger partial charge in [-0.1, -0.05) is 60.7 Å². The van der Waals surface area contributed by atoms with Crippen LogP contribution < -0.4 is 0 Å². The van der Waals surface area contributed by atoms with Crippen LogP contribution in [0.25, 0.3) is 0 Å². The monoisotopic (exact) mass is 386 g/mol. The molecule has 0 aliphatic carbocycles. The zero-order valence-electron chi connectivity index (χ0n) is 16.5. The molecule has 0 amide bonds. The second-order valence-corrected chi connectivity index (χ2v) is 6.34. The van der Waals surface area contributed by atoms with E-state index >= 15 is 0 Å². The highest BCUT2D eigenvalue weighted by atomic mass is 16.6. The Morgan fingerprint density at radius 2 is 0.964 bits per heavy atom. The third-order valence-electron chi connectivity index (χ3n) is 4.37. The van der Waals surface area contributed by atoms with Crippen molar-refractivity contribution < 1.29 is 28.5 Å². The van der Waals surface area contributed by atoms with Gasteiger partial charge in [-0.05, 0) is 25.0 Å². The lowest BCUT2D eigenvalue weighted by Gasteiger charge is -2.25. The van der Waals surface area contributed by atoms with Gasteiger partial charge in [-0.2, -0.15) is 0 Å². The van der Waals surface area contributed by atoms with Crippen molar-refractivity contribution in [3.63, 3.8) is 0 Å². The summed E-state index contributed by atoms with van der Waals surface area (Å²) in [5.74, 6) is -1.09. The van der Waals surface area contributed by atoms with Gasteiger partial charge in [0.05, 0.1) is 0 Å². The van der Waals surface area contributed by atoms with Crippen LogP contribution in [0.3, 0.4) is 0 Å². The molecule has 0 saturated heterocycles. The van der Waals surface area contributed by atoms with E-state index in [1.807, 2.05) is 36.4 Å². The molecular weight excluding hydrogens is 360 g/mol. The molecule has 0 radical (unpaired) electrons. The molecule has 150 valence electrons. The minimum absolute atomic E-state index is 0.546. The fourth-order valence-electron chi connectivity index (χ4n) is 2.67. The Morgan fingerprint density at radius 3 is 1.25 bits per heavy atom. The summed E-state index contributed by atoms with van der Waals surface area (Å²) < 4.78 is 21.5. The van der Waals surface area contributed by atoms with Crippen molar-refractivity contribution in [3.8, 4) is 0 Å². The van der Waals surface area contributed by atoms with Crippen LogP contribution in [-0.2, 0) is 28.5 Å². The van der Waals surface area contributed by atoms with Gasteiger partial charge in [-0.25, -0.2) is 9.59 Å². The third kappa shape index (κ3) is 5.65. The minimum atomic E-state index is -0.845. The largest absolute Gasteiger partial charge is 0.457 e. The molecule has 0 saturated carbocycles. The molecule has 0 aliphatic rings. The molecule has 28 heavy (non-hydrogen) atoms. The average molecular weight is 386 g/mol. The molecule has 6 heteroatoms. The Labute approximate surface area is 165 Å². The van der Waals surface area contributed by atoms with Crippen LogP contribution in [0.4, 0.5) is 0 Å². The van der Waals surface area contributed by atoms with Crippen molar-refractivity contribution in [3.05, 3.63) is 71.8 Å². The van der Waals surface area contributed by atoms with Gasteiger partial charge in [0.1, 0.15) is 12.2 Å². The average Bonchev–Trinajstić information content (AvgIpc) is 2.70. The minimum Gasteiger partial charge on any atom is -0.457 e. The van der Waals surface area contributed by atoms with Gasteiger partial charge in [0.15, 0.2) is 12.2 Å². The molecule has 0 heterocycles. The highest BCUT2D eigenvalue weighted by molar-refractivity contribution is 5.77. The summed E-state index contributed by atoms with van der Waals surface area (Å²) in [7, 11) is 2.88. The van der Waals surface area contributed by atoms with E-state index in [1.165, 1.54) is 14.2 Å². The fourth-order valence-corrected chi connectivity index (χ4v) is 2.67. The zero-order chi connectivity index (χ0) is 20.5. The predicted molar refractivity (Wildman–Crippen MR) is 103 cm³/mol. The maximum Gasteiger partial charge on any atom is 0.340 e. The van der Waals surface area contributed by atoms with E-state index < -0.39 is 36.4 Å². The molecule has 0 fully saturated rings. The second kappa shape index (κ2) is 10.6. The number of carbonyl (C=O) groups is 2. The van der Waals surface area contributed by atoms with E-state index in [2.05, 4.69) is 0 Å². The first kappa shape index (κ1) is 21.6. The summed E-state index contributed by atoms with van der Waals surface area (Å²) in [6.07, 6.45) is -3.01. The van der Waals surface area contributed by atoms with Crippen LogP contribution in [0, 0.1) is 0 Å². The highest BCUT2D eigenvalue weighted by Crippen LogP contribution is 2.22. The van der Waals surface area contributed by atoms with Crippen molar-refractivity contribution in [2.75, 3.05) is 14.2 Å². The van der Waals surface area contributed by atoms with Gasteiger partial charge >= 0.3 is 11.9 Å². The van der Waals surface area contributed by atoms with Gasteiger partial charge in [-0.3, -0.25) is 0 Å². The van der Waals surface area contributed by atoms with Crippen molar-refractivity contribution in [1.29, 1.82) is 0 Å². The van der Waals surface area contributed by atoms with E-state index in [-0.39, 0.29) is 0 Å². The summed E-state index contributed by atoms with van der Waals surface area (Å²) in [6.45, 7) is 3.33. The van der Waals surface area contributed by atoms with Gasteiger partial charge in [0.25, 0.3) is 0 Å². The van der Waals surface area contributed by atoms with Crippen molar-refractivity contribution in [1.82, 2.24) is 0 Å². The van der Waals surface area contributed by atoms with E-state index in [0.29, 0.717) is 11.1 Å². The van der Waals surface area contributed by atoms with E-state index in [9.17, 15) is 9.59 Å². The fraction of sp³-hybridized carbons (Fsp3) is 0.364.